The Kier molecular flexibility index (Phi) is 16.1. The smallest absolute Gasteiger partial charge is 0.0954 e. The van der Waals surface area contributed by atoms with Gasteiger partial charge in [0.2, 0.25) is 0 Å². The minimum absolute atomic E-state index is 0. The number of methoxy groups -OCH3 is 2. The van der Waals surface area contributed by atoms with Gasteiger partial charge in [-0.15, -0.1) is 18.5 Å². The van der Waals surface area contributed by atoms with Crippen LogP contribution >= 0.6 is 18.5 Å². The molecule has 0 radical (unpaired) electrons. The minimum atomic E-state index is -0.226. The van der Waals surface area contributed by atoms with Crippen LogP contribution in [-0.4, -0.2) is 37.7 Å². The van der Waals surface area contributed by atoms with Gasteiger partial charge in [0.15, 0.2) is 0 Å². The monoisotopic (exact) mass is 566 g/mol. The molecule has 0 aromatic carbocycles. The predicted octanol–water partition coefficient (Wildman–Crippen LogP) is 7.79. The van der Waals surface area contributed by atoms with E-state index in [9.17, 15) is 0 Å². The molecule has 5 heteroatoms. The molecule has 0 aliphatic heterocycles. The van der Waals surface area contributed by atoms with Gasteiger partial charge in [0, 0.05) is 34.6 Å². The Balaban J connectivity index is -0.000000490. The van der Waals surface area contributed by atoms with E-state index in [1.54, 1.807) is 0 Å². The molecule has 0 aromatic heterocycles. The third-order valence-electron chi connectivity index (χ3n) is 6.08. The Morgan fingerprint density at radius 1 is 0.516 bits per heavy atom. The van der Waals surface area contributed by atoms with Crippen molar-refractivity contribution in [1.29, 1.82) is 0 Å². The maximum Gasteiger partial charge on any atom is 0.0954 e. The first-order valence-corrected chi connectivity index (χ1v) is 12.7. The second-order valence-electron chi connectivity index (χ2n) is 12.2. The van der Waals surface area contributed by atoms with Crippen LogP contribution in [0.25, 0.3) is 0 Å². The fourth-order valence-corrected chi connectivity index (χ4v) is 5.35. The molecule has 2 atom stereocenters. The number of rotatable bonds is 6. The standard InChI is InChI=1S/2C13H27OP.Pd/c2*1-11(2,3)13(14-7,9-8-10-15)12(4,5)6;/h2*8-9H,10,15H2,1-7H3;. The largest absolute Gasteiger partial charge is 0.373 e. The van der Waals surface area contributed by atoms with E-state index < -0.39 is 0 Å². The molecule has 0 spiro atoms. The Bertz CT molecular complexity index is 464. The molecule has 0 aromatic rings. The van der Waals surface area contributed by atoms with E-state index in [1.165, 1.54) is 0 Å². The Morgan fingerprint density at radius 3 is 0.806 bits per heavy atom. The fourth-order valence-electron chi connectivity index (χ4n) is 5.08. The molecule has 0 N–H and O–H groups in total. The van der Waals surface area contributed by atoms with Crippen LogP contribution in [0.4, 0.5) is 0 Å². The van der Waals surface area contributed by atoms with Gasteiger partial charge in [-0.05, 0) is 34.0 Å². The Morgan fingerprint density at radius 2 is 0.710 bits per heavy atom. The molecular weight excluding hydrogens is 513 g/mol. The van der Waals surface area contributed by atoms with Crippen molar-refractivity contribution >= 4 is 18.5 Å². The van der Waals surface area contributed by atoms with Crippen LogP contribution in [0.15, 0.2) is 24.3 Å². The van der Waals surface area contributed by atoms with Gasteiger partial charge in [-0.25, -0.2) is 0 Å². The van der Waals surface area contributed by atoms with Crippen molar-refractivity contribution < 1.29 is 29.9 Å². The third-order valence-corrected chi connectivity index (χ3v) is 6.62. The first-order valence-electron chi connectivity index (χ1n) is 11.1. The molecule has 0 heterocycles. The molecule has 0 saturated carbocycles. The zero-order valence-electron chi connectivity index (χ0n) is 23.0. The van der Waals surface area contributed by atoms with Crippen molar-refractivity contribution in [3.63, 3.8) is 0 Å². The zero-order valence-corrected chi connectivity index (χ0v) is 26.9. The number of hydrogen-bond acceptors (Lipinski definition) is 2. The van der Waals surface area contributed by atoms with E-state index in [-0.39, 0.29) is 53.3 Å². The van der Waals surface area contributed by atoms with E-state index >= 15 is 0 Å². The molecule has 0 amide bonds. The van der Waals surface area contributed by atoms with Crippen molar-refractivity contribution in [1.82, 2.24) is 0 Å². The maximum atomic E-state index is 5.87. The first kappa shape index (κ1) is 36.5. The van der Waals surface area contributed by atoms with Crippen molar-refractivity contribution in [3.8, 4) is 0 Å². The summed E-state index contributed by atoms with van der Waals surface area (Å²) < 4.78 is 11.7. The predicted molar refractivity (Wildman–Crippen MR) is 145 cm³/mol. The SMILES string of the molecule is COC(C=CCP)(C(C)(C)C)C(C)(C)C.COC(C=CCP)(C(C)(C)C)C(C)(C)C.[Pd]. The molecule has 0 aliphatic rings. The summed E-state index contributed by atoms with van der Waals surface area (Å²) in [5, 5.41) is 0. The number of hydrogen-bond donors (Lipinski definition) is 0. The molecule has 0 saturated heterocycles. The van der Waals surface area contributed by atoms with Gasteiger partial charge >= 0.3 is 0 Å². The van der Waals surface area contributed by atoms with Gasteiger partial charge in [0.25, 0.3) is 0 Å². The van der Waals surface area contributed by atoms with Crippen LogP contribution in [0.2, 0.25) is 0 Å². The second-order valence-corrected chi connectivity index (χ2v) is 13.1. The molecule has 2 unspecified atom stereocenters. The van der Waals surface area contributed by atoms with Gasteiger partial charge < -0.3 is 9.47 Å². The molecule has 2 nitrogen and oxygen atoms in total. The quantitative estimate of drug-likeness (QED) is 0.186. The Labute approximate surface area is 214 Å². The third kappa shape index (κ3) is 9.24. The van der Waals surface area contributed by atoms with E-state index in [2.05, 4.69) is 126 Å². The normalized spacial score (nSPS) is 14.5. The van der Waals surface area contributed by atoms with Gasteiger partial charge in [0.1, 0.15) is 0 Å². The van der Waals surface area contributed by atoms with Gasteiger partial charge in [-0.2, -0.15) is 0 Å². The molecule has 0 bridgehead atoms. The topological polar surface area (TPSA) is 18.5 Å². The van der Waals surface area contributed by atoms with Gasteiger partial charge in [-0.1, -0.05) is 107 Å². The van der Waals surface area contributed by atoms with E-state index in [1.807, 2.05) is 14.2 Å². The van der Waals surface area contributed by atoms with Crippen LogP contribution in [-0.2, 0) is 29.9 Å². The second kappa shape index (κ2) is 13.7. The summed E-state index contributed by atoms with van der Waals surface area (Å²) in [6, 6.07) is 0. The van der Waals surface area contributed by atoms with Gasteiger partial charge in [0.05, 0.1) is 11.2 Å². The summed E-state index contributed by atoms with van der Waals surface area (Å²) in [5.74, 6) is 0. The molecule has 0 fully saturated rings. The van der Waals surface area contributed by atoms with Crippen molar-refractivity contribution in [2.24, 2.45) is 21.7 Å². The van der Waals surface area contributed by atoms with Crippen molar-refractivity contribution in [2.75, 3.05) is 26.5 Å². The summed E-state index contributed by atoms with van der Waals surface area (Å²) in [6.45, 7) is 26.8. The molecule has 0 rings (SSSR count). The minimum Gasteiger partial charge on any atom is -0.373 e. The summed E-state index contributed by atoms with van der Waals surface area (Å²) in [6.07, 6.45) is 10.7. The molecule has 190 valence electrons. The van der Waals surface area contributed by atoms with E-state index in [0.717, 1.165) is 12.3 Å². The van der Waals surface area contributed by atoms with E-state index in [0.29, 0.717) is 0 Å². The fraction of sp³-hybridized carbons (Fsp3) is 0.846. The van der Waals surface area contributed by atoms with Gasteiger partial charge in [-0.3, -0.25) is 0 Å². The van der Waals surface area contributed by atoms with Crippen LogP contribution < -0.4 is 0 Å². The maximum absolute atomic E-state index is 5.87. The average molecular weight is 567 g/mol. The Hall–Kier alpha value is 0.922. The summed E-state index contributed by atoms with van der Waals surface area (Å²) in [7, 11) is 9.05. The first-order chi connectivity index (χ1) is 13.2. The summed E-state index contributed by atoms with van der Waals surface area (Å²) in [4.78, 5) is 0. The van der Waals surface area contributed by atoms with Crippen molar-refractivity contribution in [2.45, 2.75) is 94.3 Å². The van der Waals surface area contributed by atoms with Crippen molar-refractivity contribution in [3.05, 3.63) is 24.3 Å². The van der Waals surface area contributed by atoms with E-state index in [4.69, 9.17) is 9.47 Å². The van der Waals surface area contributed by atoms with Crippen LogP contribution in [0.5, 0.6) is 0 Å². The zero-order chi connectivity index (χ0) is 24.7. The summed E-state index contributed by atoms with van der Waals surface area (Å²) >= 11 is 0. The molecule has 0 aliphatic carbocycles. The van der Waals surface area contributed by atoms with Crippen LogP contribution in [0.3, 0.4) is 0 Å². The molecular formula is C26H54O2P2Pd. The number of ether oxygens (including phenoxy) is 2. The number of allylic oxidation sites excluding steroid dienone is 2. The van der Waals surface area contributed by atoms with Crippen LogP contribution in [0.1, 0.15) is 83.1 Å². The molecule has 31 heavy (non-hydrogen) atoms. The average Bonchev–Trinajstić information content (AvgIpc) is 2.52. The summed E-state index contributed by atoms with van der Waals surface area (Å²) in [5.41, 5.74) is -0.132. The van der Waals surface area contributed by atoms with Crippen LogP contribution in [0, 0.1) is 21.7 Å².